The summed E-state index contributed by atoms with van der Waals surface area (Å²) in [6.45, 7) is 0. The van der Waals surface area contributed by atoms with Crippen molar-refractivity contribution in [1.29, 1.82) is 0 Å². The van der Waals surface area contributed by atoms with E-state index in [0.717, 1.165) is 0 Å². The van der Waals surface area contributed by atoms with Gasteiger partial charge >= 0.3 is 0 Å². The van der Waals surface area contributed by atoms with Gasteiger partial charge in [0.1, 0.15) is 5.75 Å². The molecule has 5 heteroatoms. The normalized spacial score (nSPS) is 10.1. The summed E-state index contributed by atoms with van der Waals surface area (Å²) in [6.07, 6.45) is 2.13. The van der Waals surface area contributed by atoms with Gasteiger partial charge in [-0.2, -0.15) is 0 Å². The van der Waals surface area contributed by atoms with Gasteiger partial charge in [-0.25, -0.2) is 0 Å². The van der Waals surface area contributed by atoms with E-state index in [4.69, 9.17) is 4.74 Å². The minimum atomic E-state index is -0.385. The third kappa shape index (κ3) is 2.09. The Hall–Kier alpha value is -1.88. The van der Waals surface area contributed by atoms with Crippen molar-refractivity contribution >= 4 is 22.2 Å². The topological polar surface area (TPSA) is 48.3 Å². The molecule has 0 N–H and O–H groups in total. The average molecular weight is 308 g/mol. The van der Waals surface area contributed by atoms with Crippen LogP contribution < -0.4 is 10.3 Å². The molecule has 0 saturated carbocycles. The Bertz CT molecular complexity index is 649. The lowest BCUT2D eigenvalue weighted by atomic mass is 10.2. The fourth-order valence-corrected chi connectivity index (χ4v) is 2.04. The van der Waals surface area contributed by atoms with Crippen molar-refractivity contribution in [2.24, 2.45) is 0 Å². The Morgan fingerprint density at radius 1 is 1.28 bits per heavy atom. The Balaban J connectivity index is 2.73. The SMILES string of the molecule is COc1ccccc1-n1ccc(Br)c(C=O)c1=O. The van der Waals surface area contributed by atoms with Gasteiger partial charge in [0, 0.05) is 10.7 Å². The first-order valence-electron chi connectivity index (χ1n) is 5.18. The van der Waals surface area contributed by atoms with Crippen LogP contribution in [0, 0.1) is 0 Å². The minimum Gasteiger partial charge on any atom is -0.495 e. The lowest BCUT2D eigenvalue weighted by molar-refractivity contribution is 0.112. The Morgan fingerprint density at radius 3 is 2.67 bits per heavy atom. The predicted molar refractivity (Wildman–Crippen MR) is 71.7 cm³/mol. The predicted octanol–water partition coefficient (Wildman–Crippen LogP) is 2.42. The van der Waals surface area contributed by atoms with E-state index >= 15 is 0 Å². The van der Waals surface area contributed by atoms with Crippen molar-refractivity contribution in [2.75, 3.05) is 7.11 Å². The standard InChI is InChI=1S/C13H10BrNO3/c1-18-12-5-3-2-4-11(12)15-7-6-10(14)9(8-16)13(15)17/h2-8H,1H3. The number of para-hydroxylation sites is 2. The van der Waals surface area contributed by atoms with E-state index in [2.05, 4.69) is 15.9 Å². The van der Waals surface area contributed by atoms with E-state index in [-0.39, 0.29) is 11.1 Å². The van der Waals surface area contributed by atoms with Gasteiger partial charge in [0.25, 0.3) is 5.56 Å². The van der Waals surface area contributed by atoms with Gasteiger partial charge in [-0.15, -0.1) is 0 Å². The number of carbonyl (C=O) groups is 1. The molecule has 0 fully saturated rings. The summed E-state index contributed by atoms with van der Waals surface area (Å²) in [5, 5.41) is 0. The summed E-state index contributed by atoms with van der Waals surface area (Å²) < 4.78 is 7.06. The van der Waals surface area contributed by atoms with Gasteiger partial charge in [0.05, 0.1) is 18.4 Å². The minimum absolute atomic E-state index is 0.0865. The summed E-state index contributed by atoms with van der Waals surface area (Å²) in [4.78, 5) is 23.0. The van der Waals surface area contributed by atoms with Crippen LogP contribution in [0.1, 0.15) is 10.4 Å². The smallest absolute Gasteiger partial charge is 0.266 e. The molecule has 1 heterocycles. The number of methoxy groups -OCH3 is 1. The third-order valence-corrected chi connectivity index (χ3v) is 3.23. The molecule has 0 atom stereocenters. The van der Waals surface area contributed by atoms with Crippen molar-refractivity contribution < 1.29 is 9.53 Å². The Morgan fingerprint density at radius 2 is 2.00 bits per heavy atom. The van der Waals surface area contributed by atoms with Crippen LogP contribution in [-0.2, 0) is 0 Å². The van der Waals surface area contributed by atoms with E-state index < -0.39 is 0 Å². The number of rotatable bonds is 3. The van der Waals surface area contributed by atoms with E-state index in [1.165, 1.54) is 11.7 Å². The monoisotopic (exact) mass is 307 g/mol. The van der Waals surface area contributed by atoms with Gasteiger partial charge in [0.15, 0.2) is 6.29 Å². The highest BCUT2D eigenvalue weighted by Crippen LogP contribution is 2.21. The van der Waals surface area contributed by atoms with Gasteiger partial charge in [-0.3, -0.25) is 14.2 Å². The fourth-order valence-electron chi connectivity index (χ4n) is 1.65. The summed E-state index contributed by atoms with van der Waals surface area (Å²) in [6, 6.07) is 8.77. The van der Waals surface area contributed by atoms with Crippen LogP contribution in [0.3, 0.4) is 0 Å². The molecule has 0 saturated heterocycles. The second kappa shape index (κ2) is 5.18. The second-order valence-electron chi connectivity index (χ2n) is 3.54. The Kier molecular flexibility index (Phi) is 3.62. The molecule has 0 spiro atoms. The molecule has 0 aliphatic carbocycles. The largest absolute Gasteiger partial charge is 0.495 e. The molecule has 1 aromatic heterocycles. The van der Waals surface area contributed by atoms with Crippen molar-refractivity contribution in [3.63, 3.8) is 0 Å². The number of hydrogen-bond acceptors (Lipinski definition) is 3. The lowest BCUT2D eigenvalue weighted by Crippen LogP contribution is -2.22. The summed E-state index contributed by atoms with van der Waals surface area (Å²) in [5.74, 6) is 0.568. The molecular weight excluding hydrogens is 298 g/mol. The second-order valence-corrected chi connectivity index (χ2v) is 4.40. The number of nitrogens with zero attached hydrogens (tertiary/aromatic N) is 1. The molecule has 92 valence electrons. The summed E-state index contributed by atoms with van der Waals surface area (Å²) in [7, 11) is 1.53. The van der Waals surface area contributed by atoms with Gasteiger partial charge in [-0.1, -0.05) is 12.1 Å². The van der Waals surface area contributed by atoms with Crippen LogP contribution in [0.2, 0.25) is 0 Å². The first kappa shape index (κ1) is 12.6. The zero-order valence-electron chi connectivity index (χ0n) is 9.59. The summed E-state index contributed by atoms with van der Waals surface area (Å²) >= 11 is 3.17. The highest BCUT2D eigenvalue weighted by Gasteiger charge is 2.11. The number of carbonyl (C=O) groups excluding carboxylic acids is 1. The molecule has 0 radical (unpaired) electrons. The quantitative estimate of drug-likeness (QED) is 0.818. The number of aromatic nitrogens is 1. The highest BCUT2D eigenvalue weighted by atomic mass is 79.9. The first-order chi connectivity index (χ1) is 8.69. The molecule has 4 nitrogen and oxygen atoms in total. The zero-order chi connectivity index (χ0) is 13.1. The molecule has 18 heavy (non-hydrogen) atoms. The molecule has 0 aliphatic heterocycles. The Labute approximate surface area is 112 Å². The lowest BCUT2D eigenvalue weighted by Gasteiger charge is -2.11. The van der Waals surface area contributed by atoms with Crippen LogP contribution in [0.5, 0.6) is 5.75 Å². The van der Waals surface area contributed by atoms with E-state index in [0.29, 0.717) is 22.2 Å². The zero-order valence-corrected chi connectivity index (χ0v) is 11.2. The molecule has 0 amide bonds. The maximum absolute atomic E-state index is 12.1. The van der Waals surface area contributed by atoms with Gasteiger partial charge in [0.2, 0.25) is 0 Å². The molecule has 0 bridgehead atoms. The number of halogens is 1. The molecule has 2 rings (SSSR count). The number of aldehydes is 1. The van der Waals surface area contributed by atoms with Crippen molar-refractivity contribution in [2.45, 2.75) is 0 Å². The van der Waals surface area contributed by atoms with Crippen LogP contribution >= 0.6 is 15.9 Å². The van der Waals surface area contributed by atoms with Crippen molar-refractivity contribution in [1.82, 2.24) is 4.57 Å². The van der Waals surface area contributed by atoms with Crippen molar-refractivity contribution in [3.8, 4) is 11.4 Å². The van der Waals surface area contributed by atoms with E-state index in [1.807, 2.05) is 6.07 Å². The van der Waals surface area contributed by atoms with E-state index in [1.54, 1.807) is 30.5 Å². The summed E-state index contributed by atoms with van der Waals surface area (Å²) in [5.41, 5.74) is 0.299. The van der Waals surface area contributed by atoms with Gasteiger partial charge in [-0.05, 0) is 34.1 Å². The maximum Gasteiger partial charge on any atom is 0.266 e. The van der Waals surface area contributed by atoms with Crippen LogP contribution in [0.15, 0.2) is 45.8 Å². The van der Waals surface area contributed by atoms with Gasteiger partial charge < -0.3 is 4.74 Å². The number of ether oxygens (including phenoxy) is 1. The van der Waals surface area contributed by atoms with Crippen LogP contribution in [0.25, 0.3) is 5.69 Å². The number of hydrogen-bond donors (Lipinski definition) is 0. The third-order valence-electron chi connectivity index (χ3n) is 2.54. The highest BCUT2D eigenvalue weighted by molar-refractivity contribution is 9.10. The van der Waals surface area contributed by atoms with E-state index in [9.17, 15) is 9.59 Å². The van der Waals surface area contributed by atoms with Crippen molar-refractivity contribution in [3.05, 3.63) is 56.9 Å². The maximum atomic E-state index is 12.1. The number of benzene rings is 1. The molecule has 0 aliphatic rings. The molecule has 0 unspecified atom stereocenters. The van der Waals surface area contributed by atoms with Crippen LogP contribution in [0.4, 0.5) is 0 Å². The van der Waals surface area contributed by atoms with Crippen LogP contribution in [-0.4, -0.2) is 18.0 Å². The molecule has 2 aromatic rings. The molecule has 1 aromatic carbocycles. The average Bonchev–Trinajstić information content (AvgIpc) is 2.39. The number of pyridine rings is 1. The molecular formula is C13H10BrNO3. The fraction of sp³-hybridized carbons (Fsp3) is 0.0769. The first-order valence-corrected chi connectivity index (χ1v) is 5.98.